The number of halogens is 1. The van der Waals surface area contributed by atoms with E-state index in [-0.39, 0.29) is 0 Å². The van der Waals surface area contributed by atoms with Crippen molar-refractivity contribution in [3.05, 3.63) is 11.6 Å². The van der Waals surface area contributed by atoms with Crippen LogP contribution in [0.2, 0.25) is 0 Å². The minimum absolute atomic E-state index is 0.402. The Morgan fingerprint density at radius 3 is 2.75 bits per heavy atom. The Balaban J connectivity index is 2.82. The zero-order valence-corrected chi connectivity index (χ0v) is 5.45. The van der Waals surface area contributed by atoms with Gasteiger partial charge in [-0.2, -0.15) is 0 Å². The van der Waals surface area contributed by atoms with E-state index >= 15 is 0 Å². The van der Waals surface area contributed by atoms with E-state index in [2.05, 4.69) is 6.58 Å². The first-order valence-electron chi connectivity index (χ1n) is 2.38. The lowest BCUT2D eigenvalue weighted by Gasteiger charge is -1.97. The van der Waals surface area contributed by atoms with Gasteiger partial charge in [0.25, 0.3) is 0 Å². The van der Waals surface area contributed by atoms with Crippen LogP contribution >= 0.6 is 11.6 Å². The highest BCUT2D eigenvalue weighted by molar-refractivity contribution is 6.29. The zero-order valence-electron chi connectivity index (χ0n) is 4.69. The summed E-state index contributed by atoms with van der Waals surface area (Å²) < 4.78 is 4.89. The first kappa shape index (κ1) is 7.95. The van der Waals surface area contributed by atoms with E-state index in [0.717, 1.165) is 0 Å². The standard InChI is InChI=1S/C5H10ClNO/c1-5(6)4-8-3-2-7/h1-4,7H2. The summed E-state index contributed by atoms with van der Waals surface area (Å²) in [5, 5.41) is 0.512. The molecule has 2 N–H and O–H groups in total. The highest BCUT2D eigenvalue weighted by atomic mass is 35.5. The van der Waals surface area contributed by atoms with Crippen molar-refractivity contribution in [2.45, 2.75) is 0 Å². The highest BCUT2D eigenvalue weighted by Crippen LogP contribution is 1.94. The Morgan fingerprint density at radius 1 is 1.75 bits per heavy atom. The molecule has 0 unspecified atom stereocenters. The minimum Gasteiger partial charge on any atom is -0.375 e. The largest absolute Gasteiger partial charge is 0.375 e. The third-order valence-corrected chi connectivity index (χ3v) is 0.630. The second-order valence-electron chi connectivity index (χ2n) is 1.36. The van der Waals surface area contributed by atoms with Crippen LogP contribution in [0, 0.1) is 0 Å². The van der Waals surface area contributed by atoms with Crippen molar-refractivity contribution < 1.29 is 4.74 Å². The van der Waals surface area contributed by atoms with Gasteiger partial charge >= 0.3 is 0 Å². The molecule has 8 heavy (non-hydrogen) atoms. The molecule has 0 saturated heterocycles. The first-order chi connectivity index (χ1) is 3.77. The van der Waals surface area contributed by atoms with E-state index in [1.165, 1.54) is 0 Å². The first-order valence-corrected chi connectivity index (χ1v) is 2.76. The molecule has 0 aliphatic heterocycles. The van der Waals surface area contributed by atoms with Gasteiger partial charge in [-0.05, 0) is 0 Å². The Labute approximate surface area is 54.3 Å². The van der Waals surface area contributed by atoms with E-state index in [4.69, 9.17) is 22.1 Å². The van der Waals surface area contributed by atoms with Crippen molar-refractivity contribution in [2.24, 2.45) is 5.73 Å². The second-order valence-corrected chi connectivity index (χ2v) is 1.89. The average molecular weight is 136 g/mol. The third-order valence-electron chi connectivity index (χ3n) is 0.521. The van der Waals surface area contributed by atoms with E-state index in [1.54, 1.807) is 0 Å². The van der Waals surface area contributed by atoms with Gasteiger partial charge in [0.2, 0.25) is 0 Å². The third kappa shape index (κ3) is 5.95. The van der Waals surface area contributed by atoms with Crippen LogP contribution in [0.25, 0.3) is 0 Å². The maximum Gasteiger partial charge on any atom is 0.0817 e. The molecule has 0 spiro atoms. The van der Waals surface area contributed by atoms with Crippen molar-refractivity contribution in [3.63, 3.8) is 0 Å². The van der Waals surface area contributed by atoms with E-state index in [1.807, 2.05) is 0 Å². The Morgan fingerprint density at radius 2 is 2.38 bits per heavy atom. The molecule has 0 radical (unpaired) electrons. The van der Waals surface area contributed by atoms with Crippen LogP contribution in [0.4, 0.5) is 0 Å². The summed E-state index contributed by atoms with van der Waals surface area (Å²) in [5.74, 6) is 0. The highest BCUT2D eigenvalue weighted by Gasteiger charge is 1.85. The number of hydrogen-bond acceptors (Lipinski definition) is 2. The lowest BCUT2D eigenvalue weighted by atomic mass is 10.6. The van der Waals surface area contributed by atoms with Crippen LogP contribution in [0.1, 0.15) is 0 Å². The van der Waals surface area contributed by atoms with Gasteiger partial charge in [-0.3, -0.25) is 0 Å². The summed E-state index contributed by atoms with van der Waals surface area (Å²) >= 11 is 5.35. The van der Waals surface area contributed by atoms with E-state index in [0.29, 0.717) is 24.8 Å². The van der Waals surface area contributed by atoms with Crippen molar-refractivity contribution in [3.8, 4) is 0 Å². The SMILES string of the molecule is C=C(Cl)COCCN. The fourth-order valence-electron chi connectivity index (χ4n) is 0.266. The predicted molar refractivity (Wildman–Crippen MR) is 34.9 cm³/mol. The number of hydrogen-bond donors (Lipinski definition) is 1. The van der Waals surface area contributed by atoms with Gasteiger partial charge in [-0.25, -0.2) is 0 Å². The van der Waals surface area contributed by atoms with E-state index in [9.17, 15) is 0 Å². The number of nitrogens with two attached hydrogens (primary N) is 1. The van der Waals surface area contributed by atoms with Gasteiger partial charge in [-0.15, -0.1) is 0 Å². The maximum absolute atomic E-state index is 5.35. The summed E-state index contributed by atoms with van der Waals surface area (Å²) in [5.41, 5.74) is 5.12. The maximum atomic E-state index is 5.35. The van der Waals surface area contributed by atoms with Gasteiger partial charge in [0.05, 0.1) is 13.2 Å². The molecule has 0 aliphatic rings. The quantitative estimate of drug-likeness (QED) is 0.577. The lowest BCUT2D eigenvalue weighted by molar-refractivity contribution is 0.168. The smallest absolute Gasteiger partial charge is 0.0817 e. The van der Waals surface area contributed by atoms with Crippen molar-refractivity contribution >= 4 is 11.6 Å². The molecule has 0 aliphatic carbocycles. The fourth-order valence-corrected chi connectivity index (χ4v) is 0.343. The molecule has 0 aromatic carbocycles. The second kappa shape index (κ2) is 5.09. The molecule has 0 bridgehead atoms. The molecule has 0 heterocycles. The molecule has 0 rings (SSSR count). The molecular formula is C5H10ClNO. The molecule has 3 heteroatoms. The zero-order chi connectivity index (χ0) is 6.41. The van der Waals surface area contributed by atoms with Crippen LogP contribution in [0.3, 0.4) is 0 Å². The monoisotopic (exact) mass is 135 g/mol. The summed E-state index contributed by atoms with van der Waals surface area (Å²) in [7, 11) is 0. The van der Waals surface area contributed by atoms with Crippen LogP contribution in [0.5, 0.6) is 0 Å². The van der Waals surface area contributed by atoms with Crippen LogP contribution in [-0.2, 0) is 4.74 Å². The Kier molecular flexibility index (Phi) is 5.06. The molecule has 0 atom stereocenters. The van der Waals surface area contributed by atoms with Gasteiger partial charge in [0, 0.05) is 11.6 Å². The summed E-state index contributed by atoms with van der Waals surface area (Å²) in [6.07, 6.45) is 0. The van der Waals surface area contributed by atoms with Crippen molar-refractivity contribution in [1.82, 2.24) is 0 Å². The molecule has 2 nitrogen and oxygen atoms in total. The molecule has 0 amide bonds. The van der Waals surface area contributed by atoms with Gasteiger partial charge in [0.1, 0.15) is 0 Å². The van der Waals surface area contributed by atoms with Crippen LogP contribution < -0.4 is 5.73 Å². The number of ether oxygens (including phenoxy) is 1. The van der Waals surface area contributed by atoms with Gasteiger partial charge < -0.3 is 10.5 Å². The fraction of sp³-hybridized carbons (Fsp3) is 0.600. The molecule has 48 valence electrons. The topological polar surface area (TPSA) is 35.2 Å². The predicted octanol–water partition coefficient (Wildman–Crippen LogP) is 0.714. The molecular weight excluding hydrogens is 126 g/mol. The van der Waals surface area contributed by atoms with Gasteiger partial charge in [0.15, 0.2) is 0 Å². The Bertz CT molecular complexity index is 74.8. The van der Waals surface area contributed by atoms with Gasteiger partial charge in [-0.1, -0.05) is 18.2 Å². The summed E-state index contributed by atoms with van der Waals surface area (Å²) in [6, 6.07) is 0. The van der Waals surface area contributed by atoms with Crippen molar-refractivity contribution in [2.75, 3.05) is 19.8 Å². The van der Waals surface area contributed by atoms with Crippen LogP contribution in [0.15, 0.2) is 11.6 Å². The Hall–Kier alpha value is -0.0500. The summed E-state index contributed by atoms with van der Waals surface area (Å²) in [4.78, 5) is 0. The molecule has 0 fully saturated rings. The molecule has 0 aromatic rings. The summed E-state index contributed by atoms with van der Waals surface area (Å²) in [6.45, 7) is 4.91. The lowest BCUT2D eigenvalue weighted by Crippen LogP contribution is -2.08. The molecule has 0 saturated carbocycles. The van der Waals surface area contributed by atoms with Crippen molar-refractivity contribution in [1.29, 1.82) is 0 Å². The average Bonchev–Trinajstić information content (AvgIpc) is 1.66. The number of rotatable bonds is 4. The van der Waals surface area contributed by atoms with E-state index < -0.39 is 0 Å². The normalized spacial score (nSPS) is 9.25. The van der Waals surface area contributed by atoms with Crippen LogP contribution in [-0.4, -0.2) is 19.8 Å². The minimum atomic E-state index is 0.402. The molecule has 0 aromatic heterocycles.